The predicted molar refractivity (Wildman–Crippen MR) is 92.5 cm³/mol. The second-order valence-electron chi connectivity index (χ2n) is 4.96. The van der Waals surface area contributed by atoms with Gasteiger partial charge in [-0.2, -0.15) is 4.98 Å². The van der Waals surface area contributed by atoms with Gasteiger partial charge >= 0.3 is 0 Å². The summed E-state index contributed by atoms with van der Waals surface area (Å²) >= 11 is 5.90. The minimum Gasteiger partial charge on any atom is -0.490 e. The molecule has 0 amide bonds. The van der Waals surface area contributed by atoms with Crippen LogP contribution in [-0.4, -0.2) is 23.4 Å². The van der Waals surface area contributed by atoms with Gasteiger partial charge in [-0.25, -0.2) is 0 Å². The topological polar surface area (TPSA) is 57.4 Å². The number of aromatic nitrogens is 2. The molecule has 5 nitrogen and oxygen atoms in total. The smallest absolute Gasteiger partial charge is 0.258 e. The molecular formula is C18H17ClN2O3. The number of nitrogens with zero attached hydrogens (tertiary/aromatic N) is 2. The Balaban J connectivity index is 1.91. The molecule has 24 heavy (non-hydrogen) atoms. The number of rotatable bonds is 6. The molecule has 0 N–H and O–H groups in total. The molecule has 0 saturated heterocycles. The lowest BCUT2D eigenvalue weighted by Gasteiger charge is -2.11. The largest absolute Gasteiger partial charge is 0.490 e. The average Bonchev–Trinajstić information content (AvgIpc) is 3.07. The van der Waals surface area contributed by atoms with E-state index in [1.807, 2.05) is 44.2 Å². The lowest BCUT2D eigenvalue weighted by atomic mass is 10.2. The van der Waals surface area contributed by atoms with Crippen LogP contribution in [0.5, 0.6) is 11.5 Å². The second kappa shape index (κ2) is 7.36. The van der Waals surface area contributed by atoms with Crippen molar-refractivity contribution in [2.24, 2.45) is 0 Å². The zero-order valence-corrected chi connectivity index (χ0v) is 14.2. The summed E-state index contributed by atoms with van der Waals surface area (Å²) in [5, 5.41) is 4.69. The minimum absolute atomic E-state index is 0.420. The first kappa shape index (κ1) is 16.3. The molecule has 0 fully saturated rings. The summed E-state index contributed by atoms with van der Waals surface area (Å²) < 4.78 is 16.6. The van der Waals surface area contributed by atoms with E-state index in [1.54, 1.807) is 12.1 Å². The molecule has 0 bridgehead atoms. The van der Waals surface area contributed by atoms with E-state index in [0.29, 0.717) is 41.5 Å². The van der Waals surface area contributed by atoms with Crippen molar-refractivity contribution in [2.45, 2.75) is 13.8 Å². The van der Waals surface area contributed by atoms with Crippen LogP contribution in [0.4, 0.5) is 0 Å². The quantitative estimate of drug-likeness (QED) is 0.639. The fourth-order valence-electron chi connectivity index (χ4n) is 2.24. The summed E-state index contributed by atoms with van der Waals surface area (Å²) in [5.41, 5.74) is 1.61. The van der Waals surface area contributed by atoms with Gasteiger partial charge in [0, 0.05) is 16.1 Å². The van der Waals surface area contributed by atoms with Crippen molar-refractivity contribution in [1.82, 2.24) is 10.1 Å². The summed E-state index contributed by atoms with van der Waals surface area (Å²) in [7, 11) is 0. The monoisotopic (exact) mass is 344 g/mol. The van der Waals surface area contributed by atoms with E-state index in [2.05, 4.69) is 10.1 Å². The van der Waals surface area contributed by atoms with Crippen LogP contribution >= 0.6 is 11.6 Å². The molecule has 0 aliphatic rings. The fourth-order valence-corrected chi connectivity index (χ4v) is 2.37. The molecular weight excluding hydrogens is 328 g/mol. The summed E-state index contributed by atoms with van der Waals surface area (Å²) in [5.74, 6) is 2.28. The van der Waals surface area contributed by atoms with Crippen molar-refractivity contribution in [1.29, 1.82) is 0 Å². The van der Waals surface area contributed by atoms with Crippen molar-refractivity contribution in [3.05, 3.63) is 47.5 Å². The van der Waals surface area contributed by atoms with E-state index in [-0.39, 0.29) is 0 Å². The molecule has 0 radical (unpaired) electrons. The average molecular weight is 345 g/mol. The van der Waals surface area contributed by atoms with Gasteiger partial charge in [-0.3, -0.25) is 0 Å². The normalized spacial score (nSPS) is 10.6. The predicted octanol–water partition coefficient (Wildman–Crippen LogP) is 4.85. The second-order valence-corrected chi connectivity index (χ2v) is 5.39. The van der Waals surface area contributed by atoms with E-state index < -0.39 is 0 Å². The maximum atomic E-state index is 5.90. The first-order valence-corrected chi connectivity index (χ1v) is 8.08. The number of halogens is 1. The molecule has 6 heteroatoms. The molecule has 3 rings (SSSR count). The molecule has 0 atom stereocenters. The van der Waals surface area contributed by atoms with Crippen LogP contribution in [0.25, 0.3) is 22.8 Å². The first-order valence-electron chi connectivity index (χ1n) is 7.71. The molecule has 0 spiro atoms. The molecule has 0 aliphatic carbocycles. The molecule has 1 heterocycles. The van der Waals surface area contributed by atoms with Gasteiger partial charge in [0.05, 0.1) is 13.2 Å². The number of hydrogen-bond donors (Lipinski definition) is 0. The lowest BCUT2D eigenvalue weighted by molar-refractivity contribution is 0.288. The van der Waals surface area contributed by atoms with Crippen molar-refractivity contribution < 1.29 is 14.0 Å². The van der Waals surface area contributed by atoms with Crippen LogP contribution in [0, 0.1) is 0 Å². The molecule has 124 valence electrons. The fraction of sp³-hybridized carbons (Fsp3) is 0.222. The van der Waals surface area contributed by atoms with Gasteiger partial charge in [-0.05, 0) is 56.3 Å². The summed E-state index contributed by atoms with van der Waals surface area (Å²) in [4.78, 5) is 4.44. The summed E-state index contributed by atoms with van der Waals surface area (Å²) in [6, 6.07) is 12.8. The summed E-state index contributed by atoms with van der Waals surface area (Å²) in [6.07, 6.45) is 0. The summed E-state index contributed by atoms with van der Waals surface area (Å²) in [6.45, 7) is 4.97. The van der Waals surface area contributed by atoms with Crippen LogP contribution < -0.4 is 9.47 Å². The zero-order valence-electron chi connectivity index (χ0n) is 13.5. The molecule has 0 aliphatic heterocycles. The third kappa shape index (κ3) is 3.51. The van der Waals surface area contributed by atoms with Crippen molar-refractivity contribution in [3.8, 4) is 34.3 Å². The maximum absolute atomic E-state index is 5.90. The third-order valence-corrected chi connectivity index (χ3v) is 3.57. The van der Waals surface area contributed by atoms with E-state index in [4.69, 9.17) is 25.6 Å². The highest BCUT2D eigenvalue weighted by atomic mass is 35.5. The molecule has 2 aromatic carbocycles. The lowest BCUT2D eigenvalue weighted by Crippen LogP contribution is -1.98. The molecule has 3 aromatic rings. The highest BCUT2D eigenvalue weighted by Crippen LogP contribution is 2.33. The van der Waals surface area contributed by atoms with Gasteiger partial charge in [0.2, 0.25) is 5.82 Å². The molecule has 1 aromatic heterocycles. The van der Waals surface area contributed by atoms with Gasteiger partial charge in [-0.15, -0.1) is 0 Å². The van der Waals surface area contributed by atoms with Crippen molar-refractivity contribution in [2.75, 3.05) is 13.2 Å². The van der Waals surface area contributed by atoms with Crippen LogP contribution in [0.2, 0.25) is 5.02 Å². The molecule has 0 unspecified atom stereocenters. The standard InChI is InChI=1S/C18H17ClN2O3/c1-3-22-15-10-7-13(11-16(15)23-4-2)18-20-17(21-24-18)12-5-8-14(19)9-6-12/h5-11H,3-4H2,1-2H3. The van der Waals surface area contributed by atoms with E-state index in [0.717, 1.165) is 11.1 Å². The van der Waals surface area contributed by atoms with E-state index in [9.17, 15) is 0 Å². The Morgan fingerprint density at radius 1 is 0.917 bits per heavy atom. The Kier molecular flexibility index (Phi) is 5.01. The SMILES string of the molecule is CCOc1ccc(-c2nc(-c3ccc(Cl)cc3)no2)cc1OCC. The van der Waals surface area contributed by atoms with E-state index >= 15 is 0 Å². The Morgan fingerprint density at radius 3 is 2.29 bits per heavy atom. The number of ether oxygens (including phenoxy) is 2. The Hall–Kier alpha value is -2.53. The van der Waals surface area contributed by atoms with Gasteiger partial charge < -0.3 is 14.0 Å². The highest BCUT2D eigenvalue weighted by Gasteiger charge is 2.14. The van der Waals surface area contributed by atoms with Crippen LogP contribution in [0.1, 0.15) is 13.8 Å². The van der Waals surface area contributed by atoms with Gasteiger partial charge in [0.25, 0.3) is 5.89 Å². The van der Waals surface area contributed by atoms with Crippen molar-refractivity contribution >= 4 is 11.6 Å². The third-order valence-electron chi connectivity index (χ3n) is 3.32. The van der Waals surface area contributed by atoms with Gasteiger partial charge in [0.1, 0.15) is 0 Å². The minimum atomic E-state index is 0.420. The van der Waals surface area contributed by atoms with Crippen LogP contribution in [0.15, 0.2) is 47.0 Å². The Morgan fingerprint density at radius 2 is 1.58 bits per heavy atom. The Labute approximate surface area is 145 Å². The number of benzene rings is 2. The highest BCUT2D eigenvalue weighted by molar-refractivity contribution is 6.30. The van der Waals surface area contributed by atoms with E-state index in [1.165, 1.54) is 0 Å². The van der Waals surface area contributed by atoms with Crippen LogP contribution in [-0.2, 0) is 0 Å². The molecule has 0 saturated carbocycles. The zero-order chi connectivity index (χ0) is 16.9. The Bertz CT molecular complexity index is 815. The maximum Gasteiger partial charge on any atom is 0.258 e. The first-order chi connectivity index (χ1) is 11.7. The van der Waals surface area contributed by atoms with Crippen LogP contribution in [0.3, 0.4) is 0 Å². The van der Waals surface area contributed by atoms with Crippen molar-refractivity contribution in [3.63, 3.8) is 0 Å². The van der Waals surface area contributed by atoms with Gasteiger partial charge in [0.15, 0.2) is 11.5 Å². The van der Waals surface area contributed by atoms with Gasteiger partial charge in [-0.1, -0.05) is 16.8 Å². The number of hydrogen-bond acceptors (Lipinski definition) is 5.